The molecule has 0 bridgehead atoms. The van der Waals surface area contributed by atoms with Gasteiger partial charge in [-0.25, -0.2) is 15.1 Å². The molecule has 0 saturated heterocycles. The van der Waals surface area contributed by atoms with Crippen LogP contribution in [0.15, 0.2) is 24.3 Å². The third-order valence-electron chi connectivity index (χ3n) is 1.95. The number of carbonyl (C=O) groups is 2. The molecule has 0 spiro atoms. The van der Waals surface area contributed by atoms with Gasteiger partial charge < -0.3 is 15.2 Å². The fourth-order valence-electron chi connectivity index (χ4n) is 1.17. The van der Waals surface area contributed by atoms with Crippen LogP contribution < -0.4 is 15.5 Å². The van der Waals surface area contributed by atoms with E-state index in [2.05, 4.69) is 10.2 Å². The molecule has 7 nitrogen and oxygen atoms in total. The highest BCUT2D eigenvalue weighted by molar-refractivity contribution is 5.88. The molecule has 1 aromatic carbocycles. The lowest BCUT2D eigenvalue weighted by Crippen LogP contribution is -2.30. The maximum atomic E-state index is 11.3. The molecule has 0 heterocycles. The summed E-state index contributed by atoms with van der Waals surface area (Å²) in [6.45, 7) is 2.05. The molecule has 0 saturated carbocycles. The second kappa shape index (κ2) is 7.93. The third-order valence-corrected chi connectivity index (χ3v) is 1.95. The first-order valence-corrected chi connectivity index (χ1v) is 5.75. The smallest absolute Gasteiger partial charge is 0.343 e. The molecule has 0 aromatic heterocycles. The standard InChI is InChI=1S/C12H16N2O5/c1-2-7-18-10-5-3-9(4-6-10)13-12(17)14-19-8-11(15)16/h3-6H,2,7-8H2,1H3,(H,15,16)(H2,13,14,17). The van der Waals surface area contributed by atoms with Gasteiger partial charge in [0.05, 0.1) is 6.61 Å². The highest BCUT2D eigenvalue weighted by Gasteiger charge is 2.03. The summed E-state index contributed by atoms with van der Waals surface area (Å²) in [6.07, 6.45) is 0.920. The number of anilines is 1. The van der Waals surface area contributed by atoms with Crippen LogP contribution in [0.2, 0.25) is 0 Å². The van der Waals surface area contributed by atoms with E-state index in [1.807, 2.05) is 12.4 Å². The van der Waals surface area contributed by atoms with Gasteiger partial charge in [-0.2, -0.15) is 0 Å². The molecule has 1 rings (SSSR count). The Morgan fingerprint density at radius 3 is 2.53 bits per heavy atom. The molecule has 3 N–H and O–H groups in total. The van der Waals surface area contributed by atoms with E-state index in [1.165, 1.54) is 0 Å². The number of ether oxygens (including phenoxy) is 1. The van der Waals surface area contributed by atoms with E-state index in [0.29, 0.717) is 12.3 Å². The zero-order chi connectivity index (χ0) is 14.1. The quantitative estimate of drug-likeness (QED) is 0.653. The Morgan fingerprint density at radius 1 is 1.26 bits per heavy atom. The molecule has 0 atom stereocenters. The predicted octanol–water partition coefficient (Wildman–Crippen LogP) is 1.61. The van der Waals surface area contributed by atoms with Crippen molar-refractivity contribution in [2.75, 3.05) is 18.5 Å². The number of urea groups is 1. The Balaban J connectivity index is 2.35. The molecule has 0 aliphatic rings. The van der Waals surface area contributed by atoms with Crippen molar-refractivity contribution in [1.29, 1.82) is 0 Å². The summed E-state index contributed by atoms with van der Waals surface area (Å²) >= 11 is 0. The fraction of sp³-hybridized carbons (Fsp3) is 0.333. The number of hydroxylamine groups is 1. The van der Waals surface area contributed by atoms with Gasteiger partial charge in [-0.3, -0.25) is 4.84 Å². The summed E-state index contributed by atoms with van der Waals surface area (Å²) in [5.41, 5.74) is 2.49. The summed E-state index contributed by atoms with van der Waals surface area (Å²) in [5.74, 6) is -0.451. The average Bonchev–Trinajstić information content (AvgIpc) is 2.37. The minimum atomic E-state index is -1.17. The monoisotopic (exact) mass is 268 g/mol. The number of benzene rings is 1. The number of hydrogen-bond acceptors (Lipinski definition) is 4. The summed E-state index contributed by atoms with van der Waals surface area (Å²) in [7, 11) is 0. The molecule has 0 aliphatic carbocycles. The summed E-state index contributed by atoms with van der Waals surface area (Å²) in [5, 5.41) is 10.8. The van der Waals surface area contributed by atoms with E-state index in [-0.39, 0.29) is 0 Å². The van der Waals surface area contributed by atoms with Crippen LogP contribution in [0.5, 0.6) is 5.75 Å². The van der Waals surface area contributed by atoms with Crippen molar-refractivity contribution in [3.8, 4) is 5.75 Å². The van der Waals surface area contributed by atoms with Crippen molar-refractivity contribution in [3.05, 3.63) is 24.3 Å². The summed E-state index contributed by atoms with van der Waals surface area (Å²) in [6, 6.07) is 6.14. The average molecular weight is 268 g/mol. The first kappa shape index (κ1) is 14.8. The van der Waals surface area contributed by atoms with Gasteiger partial charge in [0.15, 0.2) is 6.61 Å². The van der Waals surface area contributed by atoms with E-state index in [1.54, 1.807) is 24.3 Å². The number of carboxylic acids is 1. The van der Waals surface area contributed by atoms with Gasteiger partial charge in [0.25, 0.3) is 0 Å². The van der Waals surface area contributed by atoms with Gasteiger partial charge in [0.2, 0.25) is 0 Å². The van der Waals surface area contributed by atoms with Crippen LogP contribution >= 0.6 is 0 Å². The van der Waals surface area contributed by atoms with E-state index in [0.717, 1.165) is 12.2 Å². The number of hydrogen-bond donors (Lipinski definition) is 3. The van der Waals surface area contributed by atoms with Gasteiger partial charge in [-0.1, -0.05) is 6.92 Å². The van der Waals surface area contributed by atoms with Gasteiger partial charge in [-0.15, -0.1) is 0 Å². The van der Waals surface area contributed by atoms with Gasteiger partial charge in [-0.05, 0) is 30.7 Å². The maximum absolute atomic E-state index is 11.3. The molecule has 104 valence electrons. The Morgan fingerprint density at radius 2 is 1.95 bits per heavy atom. The molecule has 0 aliphatic heterocycles. The van der Waals surface area contributed by atoms with Crippen LogP contribution in [0.4, 0.5) is 10.5 Å². The topological polar surface area (TPSA) is 96.9 Å². The van der Waals surface area contributed by atoms with Crippen LogP contribution in [-0.4, -0.2) is 30.3 Å². The minimum Gasteiger partial charge on any atom is -0.494 e. The predicted molar refractivity (Wildman–Crippen MR) is 68.0 cm³/mol. The van der Waals surface area contributed by atoms with Crippen LogP contribution in [0.25, 0.3) is 0 Å². The van der Waals surface area contributed by atoms with Crippen molar-refractivity contribution in [1.82, 2.24) is 5.48 Å². The van der Waals surface area contributed by atoms with Crippen molar-refractivity contribution >= 4 is 17.7 Å². The Hall–Kier alpha value is -2.28. The maximum Gasteiger partial charge on any atom is 0.343 e. The first-order chi connectivity index (χ1) is 9.11. The zero-order valence-electron chi connectivity index (χ0n) is 10.5. The number of aliphatic carboxylic acids is 1. The zero-order valence-corrected chi connectivity index (χ0v) is 10.5. The number of nitrogens with one attached hydrogen (secondary N) is 2. The molecule has 0 unspecified atom stereocenters. The number of carbonyl (C=O) groups excluding carboxylic acids is 1. The summed E-state index contributed by atoms with van der Waals surface area (Å²) < 4.78 is 5.39. The summed E-state index contributed by atoms with van der Waals surface area (Å²) in [4.78, 5) is 25.9. The van der Waals surface area contributed by atoms with Crippen LogP contribution in [0, 0.1) is 0 Å². The highest BCUT2D eigenvalue weighted by atomic mass is 16.7. The molecule has 19 heavy (non-hydrogen) atoms. The third kappa shape index (κ3) is 6.27. The Labute approximate surface area is 110 Å². The van der Waals surface area contributed by atoms with Crippen molar-refractivity contribution in [2.24, 2.45) is 0 Å². The van der Waals surface area contributed by atoms with E-state index >= 15 is 0 Å². The van der Waals surface area contributed by atoms with Crippen molar-refractivity contribution in [2.45, 2.75) is 13.3 Å². The van der Waals surface area contributed by atoms with E-state index in [9.17, 15) is 9.59 Å². The second-order valence-electron chi connectivity index (χ2n) is 3.61. The molecule has 1 aromatic rings. The van der Waals surface area contributed by atoms with Crippen molar-refractivity contribution < 1.29 is 24.3 Å². The molecule has 0 fully saturated rings. The van der Waals surface area contributed by atoms with Gasteiger partial charge in [0.1, 0.15) is 5.75 Å². The largest absolute Gasteiger partial charge is 0.494 e. The minimum absolute atomic E-state index is 0.542. The van der Waals surface area contributed by atoms with Gasteiger partial charge >= 0.3 is 12.0 Å². The normalized spacial score (nSPS) is 9.74. The fourth-order valence-corrected chi connectivity index (χ4v) is 1.17. The lowest BCUT2D eigenvalue weighted by Gasteiger charge is -2.08. The molecule has 7 heteroatoms. The van der Waals surface area contributed by atoms with Crippen LogP contribution in [0.3, 0.4) is 0 Å². The molecule has 0 radical (unpaired) electrons. The van der Waals surface area contributed by atoms with Crippen LogP contribution in [0.1, 0.15) is 13.3 Å². The highest BCUT2D eigenvalue weighted by Crippen LogP contribution is 2.15. The lowest BCUT2D eigenvalue weighted by molar-refractivity contribution is -0.143. The first-order valence-electron chi connectivity index (χ1n) is 5.75. The van der Waals surface area contributed by atoms with E-state index in [4.69, 9.17) is 9.84 Å². The van der Waals surface area contributed by atoms with Gasteiger partial charge in [0, 0.05) is 5.69 Å². The lowest BCUT2D eigenvalue weighted by atomic mass is 10.3. The molecular weight excluding hydrogens is 252 g/mol. The second-order valence-corrected chi connectivity index (χ2v) is 3.61. The Bertz CT molecular complexity index is 419. The van der Waals surface area contributed by atoms with Crippen molar-refractivity contribution in [3.63, 3.8) is 0 Å². The number of amides is 2. The van der Waals surface area contributed by atoms with Crippen LogP contribution in [-0.2, 0) is 9.63 Å². The number of rotatable bonds is 7. The molecule has 2 amide bonds. The SMILES string of the molecule is CCCOc1ccc(NC(=O)NOCC(=O)O)cc1. The molecular formula is C12H16N2O5. The van der Waals surface area contributed by atoms with E-state index < -0.39 is 18.6 Å². The Kier molecular flexibility index (Phi) is 6.17. The number of carboxylic acid groups (broad SMARTS) is 1.